The molecule has 0 amide bonds. The van der Waals surface area contributed by atoms with Crippen molar-refractivity contribution in [2.45, 2.75) is 38.1 Å². The predicted molar refractivity (Wildman–Crippen MR) is 74.6 cm³/mol. The topological polar surface area (TPSA) is 41.6 Å². The molecule has 1 fully saturated rings. The van der Waals surface area contributed by atoms with E-state index in [1.807, 2.05) is 0 Å². The third kappa shape index (κ3) is 8.14. The van der Waals surface area contributed by atoms with Gasteiger partial charge in [0.1, 0.15) is 12.1 Å². The molecule has 1 saturated heterocycles. The first-order valence-corrected chi connectivity index (χ1v) is 5.98. The summed E-state index contributed by atoms with van der Waals surface area (Å²) < 4.78 is 41.7. The molecule has 1 aliphatic rings. The number of likely N-dealkylation sites (N-methyl/N-ethyl adjacent to an activating group) is 1. The number of carbonyl (C=O) groups excluding carboxylic acids is 1. The van der Waals surface area contributed by atoms with E-state index in [0.29, 0.717) is 25.9 Å². The van der Waals surface area contributed by atoms with E-state index in [0.717, 1.165) is 0 Å². The van der Waals surface area contributed by atoms with Crippen LogP contribution in [0, 0.1) is 0 Å². The van der Waals surface area contributed by atoms with Gasteiger partial charge in [0.25, 0.3) is 0 Å². The van der Waals surface area contributed by atoms with Gasteiger partial charge in [-0.15, -0.1) is 24.8 Å². The smallest absolute Gasteiger partial charge is 0.401 e. The van der Waals surface area contributed by atoms with Crippen LogP contribution in [0.25, 0.3) is 0 Å². The van der Waals surface area contributed by atoms with Crippen LogP contribution in [0.4, 0.5) is 13.2 Å². The molecule has 0 aromatic carbocycles. The van der Waals surface area contributed by atoms with Gasteiger partial charge >= 0.3 is 12.1 Å². The summed E-state index contributed by atoms with van der Waals surface area (Å²) in [5, 5.41) is 2.76. The summed E-state index contributed by atoms with van der Waals surface area (Å²) in [6, 6.07) is -0.391. The zero-order chi connectivity index (χ0) is 13.8. The zero-order valence-corrected chi connectivity index (χ0v) is 13.0. The van der Waals surface area contributed by atoms with Crippen molar-refractivity contribution < 1.29 is 22.7 Å². The molecule has 9 heteroatoms. The highest BCUT2D eigenvalue weighted by Crippen LogP contribution is 2.21. The van der Waals surface area contributed by atoms with Crippen LogP contribution in [0.15, 0.2) is 0 Å². The molecular formula is C11H21Cl2F3N2O2. The summed E-state index contributed by atoms with van der Waals surface area (Å²) in [5.41, 5.74) is 0. The molecule has 1 aliphatic heterocycles. The lowest BCUT2D eigenvalue weighted by atomic mass is 10.1. The average Bonchev–Trinajstić information content (AvgIpc) is 2.28. The van der Waals surface area contributed by atoms with Crippen molar-refractivity contribution in [2.24, 2.45) is 0 Å². The lowest BCUT2D eigenvalue weighted by molar-refractivity contribution is -0.161. The standard InChI is InChI=1S/C11H19F3N2O2.2ClH/c1-8(15-2)10(17)18-9-3-5-16(6-4-9)7-11(12,13)14;;/h8-9,15H,3-7H2,1-2H3;2*1H/t8-;;/m0../s1. The van der Waals surface area contributed by atoms with E-state index in [1.54, 1.807) is 14.0 Å². The van der Waals surface area contributed by atoms with Gasteiger partial charge in [0.05, 0.1) is 6.54 Å². The number of rotatable bonds is 4. The normalized spacial score (nSPS) is 18.6. The first kappa shape index (κ1) is 22.0. The molecule has 0 unspecified atom stereocenters. The number of hydrogen-bond donors (Lipinski definition) is 1. The average molecular weight is 341 g/mol. The highest BCUT2D eigenvalue weighted by Gasteiger charge is 2.33. The summed E-state index contributed by atoms with van der Waals surface area (Å²) in [7, 11) is 1.65. The molecule has 1 N–H and O–H groups in total. The third-order valence-corrected chi connectivity index (χ3v) is 3.01. The van der Waals surface area contributed by atoms with E-state index in [4.69, 9.17) is 4.74 Å². The SMILES string of the molecule is CN[C@@H](C)C(=O)OC1CCN(CC(F)(F)F)CC1.Cl.Cl. The maximum Gasteiger partial charge on any atom is 0.401 e. The van der Waals surface area contributed by atoms with Crippen LogP contribution in [0.5, 0.6) is 0 Å². The largest absolute Gasteiger partial charge is 0.461 e. The third-order valence-electron chi connectivity index (χ3n) is 3.01. The van der Waals surface area contributed by atoms with Crippen LogP contribution in [0.1, 0.15) is 19.8 Å². The minimum atomic E-state index is -4.16. The second-order valence-electron chi connectivity index (χ2n) is 4.54. The van der Waals surface area contributed by atoms with Gasteiger partial charge in [0.2, 0.25) is 0 Å². The van der Waals surface area contributed by atoms with E-state index in [2.05, 4.69) is 5.32 Å². The molecular weight excluding hydrogens is 320 g/mol. The molecule has 20 heavy (non-hydrogen) atoms. The van der Waals surface area contributed by atoms with Crippen LogP contribution in [0.2, 0.25) is 0 Å². The summed E-state index contributed by atoms with van der Waals surface area (Å²) >= 11 is 0. The van der Waals surface area contributed by atoms with E-state index in [9.17, 15) is 18.0 Å². The van der Waals surface area contributed by atoms with Gasteiger partial charge in [0.15, 0.2) is 0 Å². The van der Waals surface area contributed by atoms with Gasteiger partial charge in [-0.2, -0.15) is 13.2 Å². The second-order valence-corrected chi connectivity index (χ2v) is 4.54. The summed E-state index contributed by atoms with van der Waals surface area (Å²) in [6.07, 6.45) is -3.52. The van der Waals surface area contributed by atoms with Crippen molar-refractivity contribution >= 4 is 30.8 Å². The van der Waals surface area contributed by atoms with Crippen molar-refractivity contribution in [3.05, 3.63) is 0 Å². The maximum absolute atomic E-state index is 12.2. The number of ether oxygens (including phenoxy) is 1. The summed E-state index contributed by atoms with van der Waals surface area (Å²) in [6.45, 7) is 1.42. The fourth-order valence-electron chi connectivity index (χ4n) is 1.82. The summed E-state index contributed by atoms with van der Waals surface area (Å²) in [4.78, 5) is 12.8. The van der Waals surface area contributed by atoms with Gasteiger partial charge in [0, 0.05) is 13.1 Å². The number of nitrogens with zero attached hydrogens (tertiary/aromatic N) is 1. The van der Waals surface area contributed by atoms with E-state index in [1.165, 1.54) is 4.90 Å². The summed E-state index contributed by atoms with van der Waals surface area (Å²) in [5.74, 6) is -0.355. The first-order chi connectivity index (χ1) is 8.31. The van der Waals surface area contributed by atoms with Gasteiger partial charge in [-0.05, 0) is 26.8 Å². The predicted octanol–water partition coefficient (Wildman–Crippen LogP) is 2.01. The molecule has 0 aromatic rings. The van der Waals surface area contributed by atoms with E-state index < -0.39 is 18.8 Å². The molecule has 0 spiro atoms. The fraction of sp³-hybridized carbons (Fsp3) is 0.909. The number of esters is 1. The molecule has 1 rings (SSSR count). The molecule has 0 radical (unpaired) electrons. The van der Waals surface area contributed by atoms with E-state index in [-0.39, 0.29) is 36.9 Å². The number of nitrogens with one attached hydrogen (secondary N) is 1. The highest BCUT2D eigenvalue weighted by atomic mass is 35.5. The number of likely N-dealkylation sites (tertiary alicyclic amines) is 1. The van der Waals surface area contributed by atoms with Crippen molar-refractivity contribution in [3.8, 4) is 0 Å². The van der Waals surface area contributed by atoms with Crippen LogP contribution < -0.4 is 5.32 Å². The lowest BCUT2D eigenvalue weighted by Crippen LogP contribution is -2.44. The molecule has 4 nitrogen and oxygen atoms in total. The van der Waals surface area contributed by atoms with E-state index >= 15 is 0 Å². The molecule has 0 saturated carbocycles. The van der Waals surface area contributed by atoms with Crippen LogP contribution in [-0.2, 0) is 9.53 Å². The Labute approximate surface area is 129 Å². The Morgan fingerprint density at radius 1 is 1.35 bits per heavy atom. The van der Waals surface area contributed by atoms with Crippen LogP contribution in [0.3, 0.4) is 0 Å². The quantitative estimate of drug-likeness (QED) is 0.795. The molecule has 122 valence electrons. The molecule has 0 aromatic heterocycles. The number of piperidine rings is 1. The van der Waals surface area contributed by atoms with Crippen molar-refractivity contribution in [1.29, 1.82) is 0 Å². The van der Waals surface area contributed by atoms with Crippen molar-refractivity contribution in [3.63, 3.8) is 0 Å². The fourth-order valence-corrected chi connectivity index (χ4v) is 1.82. The number of halogens is 5. The van der Waals surface area contributed by atoms with Gasteiger partial charge in [-0.1, -0.05) is 0 Å². The van der Waals surface area contributed by atoms with Gasteiger partial charge < -0.3 is 10.1 Å². The van der Waals surface area contributed by atoms with Crippen molar-refractivity contribution in [2.75, 3.05) is 26.7 Å². The monoisotopic (exact) mass is 340 g/mol. The van der Waals surface area contributed by atoms with Gasteiger partial charge in [-0.25, -0.2) is 0 Å². The Morgan fingerprint density at radius 2 is 1.85 bits per heavy atom. The van der Waals surface area contributed by atoms with Gasteiger partial charge in [-0.3, -0.25) is 9.69 Å². The van der Waals surface area contributed by atoms with Crippen LogP contribution >= 0.6 is 24.8 Å². The minimum Gasteiger partial charge on any atom is -0.461 e. The minimum absolute atomic E-state index is 0. The lowest BCUT2D eigenvalue weighted by Gasteiger charge is -2.32. The molecule has 0 aliphatic carbocycles. The molecule has 0 bridgehead atoms. The van der Waals surface area contributed by atoms with Crippen LogP contribution in [-0.4, -0.2) is 55.9 Å². The number of carbonyl (C=O) groups is 1. The Hall–Kier alpha value is -0.240. The Morgan fingerprint density at radius 3 is 2.25 bits per heavy atom. The first-order valence-electron chi connectivity index (χ1n) is 5.98. The van der Waals surface area contributed by atoms with Crippen molar-refractivity contribution in [1.82, 2.24) is 10.2 Å². The number of alkyl halides is 3. The Kier molecular flexibility index (Phi) is 10.6. The Bertz CT molecular complexity index is 285. The zero-order valence-electron chi connectivity index (χ0n) is 11.4. The second kappa shape index (κ2) is 9.65. The highest BCUT2D eigenvalue weighted by molar-refractivity contribution is 5.85. The Balaban J connectivity index is 0. The number of hydrogen-bond acceptors (Lipinski definition) is 4. The maximum atomic E-state index is 12.2. The molecule has 1 atom stereocenters. The molecule has 1 heterocycles.